The molecule has 1 N–H and O–H groups in total. The first-order valence-corrected chi connectivity index (χ1v) is 10.5. The number of carbonyl (C=O) groups is 1. The summed E-state index contributed by atoms with van der Waals surface area (Å²) in [4.78, 5) is 17.5. The number of aromatic nitrogens is 1. The van der Waals surface area contributed by atoms with Crippen LogP contribution in [0.4, 0.5) is 5.13 Å². The highest BCUT2D eigenvalue weighted by molar-refractivity contribution is 7.22. The number of amides is 1. The summed E-state index contributed by atoms with van der Waals surface area (Å²) in [5.41, 5.74) is 5.75. The normalized spacial score (nSPS) is 13.4. The predicted octanol–water partition coefficient (Wildman–Crippen LogP) is 6.10. The Labute approximate surface area is 168 Å². The average molecular weight is 387 g/mol. The molecule has 0 atom stereocenters. The summed E-state index contributed by atoms with van der Waals surface area (Å²) in [7, 11) is 0. The highest BCUT2D eigenvalue weighted by Crippen LogP contribution is 2.39. The van der Waals surface area contributed by atoms with Gasteiger partial charge in [0, 0.05) is 10.9 Å². The van der Waals surface area contributed by atoms with Crippen molar-refractivity contribution in [1.29, 1.82) is 0 Å². The molecule has 3 aromatic carbocycles. The lowest BCUT2D eigenvalue weighted by molar-refractivity contribution is 0.102. The summed E-state index contributed by atoms with van der Waals surface area (Å²) in [6.07, 6.45) is 2.20. The van der Waals surface area contributed by atoms with Gasteiger partial charge in [0.15, 0.2) is 5.13 Å². The van der Waals surface area contributed by atoms with Crippen molar-refractivity contribution >= 4 is 43.4 Å². The minimum Gasteiger partial charge on any atom is -0.298 e. The third-order valence-electron chi connectivity index (χ3n) is 5.58. The van der Waals surface area contributed by atoms with Crippen LogP contribution in [0.3, 0.4) is 0 Å². The van der Waals surface area contributed by atoms with Crippen LogP contribution in [0.5, 0.6) is 0 Å². The quantitative estimate of drug-likeness (QED) is 0.452. The smallest absolute Gasteiger partial charge is 0.257 e. The third kappa shape index (κ3) is 2.80. The van der Waals surface area contributed by atoms with E-state index in [9.17, 15) is 4.79 Å². The highest BCUT2D eigenvalue weighted by Gasteiger charge is 2.19. The molecule has 0 fully saturated rings. The van der Waals surface area contributed by atoms with Crippen LogP contribution in [-0.2, 0) is 18.3 Å². The largest absolute Gasteiger partial charge is 0.298 e. The fourth-order valence-corrected chi connectivity index (χ4v) is 4.99. The molecule has 0 saturated heterocycles. The van der Waals surface area contributed by atoms with Crippen molar-refractivity contribution in [3.8, 4) is 0 Å². The van der Waals surface area contributed by atoms with E-state index < -0.39 is 0 Å². The Hall–Kier alpha value is -2.72. The molecule has 3 nitrogen and oxygen atoms in total. The SMILES string of the molecule is CC(C)(C)c1ccc(C(=O)Nc2nc3c(cc4c5c(cccc53)CC4)s2)cc1. The summed E-state index contributed by atoms with van der Waals surface area (Å²) in [5, 5.41) is 6.21. The molecule has 0 aliphatic heterocycles. The lowest BCUT2D eigenvalue weighted by Gasteiger charge is -2.18. The lowest BCUT2D eigenvalue weighted by atomic mass is 9.87. The number of thiazole rings is 1. The number of fused-ring (bicyclic) bond motifs is 2. The molecule has 1 heterocycles. The highest BCUT2D eigenvalue weighted by atomic mass is 32.1. The monoisotopic (exact) mass is 386 g/mol. The van der Waals surface area contributed by atoms with Gasteiger partial charge in [0.25, 0.3) is 5.91 Å². The number of nitrogens with zero attached hydrogens (tertiary/aromatic N) is 1. The molecular weight excluding hydrogens is 364 g/mol. The maximum atomic E-state index is 12.7. The topological polar surface area (TPSA) is 42.0 Å². The van der Waals surface area contributed by atoms with Crippen LogP contribution < -0.4 is 5.32 Å². The van der Waals surface area contributed by atoms with Crippen molar-refractivity contribution in [1.82, 2.24) is 4.98 Å². The molecule has 0 unspecified atom stereocenters. The number of hydrogen-bond acceptors (Lipinski definition) is 3. The zero-order valence-electron chi connectivity index (χ0n) is 16.3. The Bertz CT molecular complexity index is 1230. The van der Waals surface area contributed by atoms with Gasteiger partial charge in [0.1, 0.15) is 0 Å². The van der Waals surface area contributed by atoms with Crippen molar-refractivity contribution in [3.05, 3.63) is 70.8 Å². The van der Waals surface area contributed by atoms with Gasteiger partial charge in [0.2, 0.25) is 0 Å². The standard InChI is InChI=1S/C24H22N2OS/c1-24(2,3)17-11-9-15(10-12-17)22(27)26-23-25-21-18-6-4-5-14-7-8-16(20(14)18)13-19(21)28-23/h4-6,9-13H,7-8H2,1-3H3,(H,25,26,27). The molecule has 1 aliphatic rings. The second kappa shape index (κ2) is 6.14. The first kappa shape index (κ1) is 17.4. The molecule has 0 saturated carbocycles. The summed E-state index contributed by atoms with van der Waals surface area (Å²) in [6.45, 7) is 6.51. The Morgan fingerprint density at radius 1 is 1.04 bits per heavy atom. The zero-order chi connectivity index (χ0) is 19.5. The van der Waals surface area contributed by atoms with E-state index in [1.165, 1.54) is 27.5 Å². The lowest BCUT2D eigenvalue weighted by Crippen LogP contribution is -2.14. The summed E-state index contributed by atoms with van der Waals surface area (Å²) < 4.78 is 1.14. The van der Waals surface area contributed by atoms with Crippen LogP contribution in [0.25, 0.3) is 21.0 Å². The van der Waals surface area contributed by atoms with Gasteiger partial charge in [-0.3, -0.25) is 10.1 Å². The molecule has 1 aromatic heterocycles. The van der Waals surface area contributed by atoms with Crippen molar-refractivity contribution in [2.24, 2.45) is 0 Å². The molecule has 0 spiro atoms. The fourth-order valence-electron chi connectivity index (χ4n) is 4.05. The molecule has 28 heavy (non-hydrogen) atoms. The van der Waals surface area contributed by atoms with Gasteiger partial charge in [-0.1, -0.05) is 62.4 Å². The van der Waals surface area contributed by atoms with Crippen LogP contribution in [0, 0.1) is 0 Å². The number of anilines is 1. The maximum absolute atomic E-state index is 12.7. The second-order valence-corrected chi connectivity index (χ2v) is 9.55. The first-order valence-electron chi connectivity index (χ1n) is 9.66. The Kier molecular flexibility index (Phi) is 3.81. The van der Waals surface area contributed by atoms with Gasteiger partial charge >= 0.3 is 0 Å². The van der Waals surface area contributed by atoms with E-state index in [4.69, 9.17) is 4.98 Å². The predicted molar refractivity (Wildman–Crippen MR) is 118 cm³/mol. The number of benzene rings is 3. The zero-order valence-corrected chi connectivity index (χ0v) is 17.1. The molecule has 1 amide bonds. The average Bonchev–Trinajstić information content (AvgIpc) is 3.26. The van der Waals surface area contributed by atoms with Crippen molar-refractivity contribution in [2.75, 3.05) is 5.32 Å². The Balaban J connectivity index is 1.48. The van der Waals surface area contributed by atoms with E-state index in [1.807, 2.05) is 24.3 Å². The summed E-state index contributed by atoms with van der Waals surface area (Å²) >= 11 is 1.55. The molecule has 1 aliphatic carbocycles. The van der Waals surface area contributed by atoms with E-state index in [-0.39, 0.29) is 11.3 Å². The Morgan fingerprint density at radius 2 is 1.79 bits per heavy atom. The van der Waals surface area contributed by atoms with Crippen molar-refractivity contribution in [2.45, 2.75) is 39.0 Å². The van der Waals surface area contributed by atoms with Crippen LogP contribution in [0.15, 0.2) is 48.5 Å². The molecular formula is C24H22N2OS. The van der Waals surface area contributed by atoms with Crippen LogP contribution in [0.1, 0.15) is 47.8 Å². The van der Waals surface area contributed by atoms with Gasteiger partial charge in [0.05, 0.1) is 10.2 Å². The van der Waals surface area contributed by atoms with Gasteiger partial charge in [-0.15, -0.1) is 0 Å². The third-order valence-corrected chi connectivity index (χ3v) is 6.50. The van der Waals surface area contributed by atoms with E-state index >= 15 is 0 Å². The number of rotatable bonds is 2. The number of aryl methyl sites for hydroxylation is 2. The summed E-state index contributed by atoms with van der Waals surface area (Å²) in [5.74, 6) is -0.114. The van der Waals surface area contributed by atoms with E-state index in [0.717, 1.165) is 23.1 Å². The van der Waals surface area contributed by atoms with E-state index in [1.54, 1.807) is 11.3 Å². The van der Waals surface area contributed by atoms with Gasteiger partial charge in [-0.2, -0.15) is 0 Å². The maximum Gasteiger partial charge on any atom is 0.257 e. The van der Waals surface area contributed by atoms with Gasteiger partial charge in [-0.25, -0.2) is 4.98 Å². The molecule has 4 aromatic rings. The fraction of sp³-hybridized carbons (Fsp3) is 0.250. The second-order valence-electron chi connectivity index (χ2n) is 8.52. The Morgan fingerprint density at radius 3 is 2.54 bits per heavy atom. The first-order chi connectivity index (χ1) is 13.4. The van der Waals surface area contributed by atoms with E-state index in [2.05, 4.69) is 50.4 Å². The molecule has 140 valence electrons. The van der Waals surface area contributed by atoms with Gasteiger partial charge < -0.3 is 0 Å². The van der Waals surface area contributed by atoms with Crippen molar-refractivity contribution < 1.29 is 4.79 Å². The minimum absolute atomic E-state index is 0.0740. The molecule has 0 radical (unpaired) electrons. The molecule has 4 heteroatoms. The number of hydrogen-bond donors (Lipinski definition) is 1. The van der Waals surface area contributed by atoms with Crippen LogP contribution in [0.2, 0.25) is 0 Å². The van der Waals surface area contributed by atoms with E-state index in [0.29, 0.717) is 10.7 Å². The van der Waals surface area contributed by atoms with Gasteiger partial charge in [-0.05, 0) is 58.5 Å². The minimum atomic E-state index is -0.114. The molecule has 0 bridgehead atoms. The number of carbonyl (C=O) groups excluding carboxylic acids is 1. The molecule has 5 rings (SSSR count). The van der Waals surface area contributed by atoms with Crippen LogP contribution >= 0.6 is 11.3 Å². The summed E-state index contributed by atoms with van der Waals surface area (Å²) in [6, 6.07) is 16.6. The number of nitrogens with one attached hydrogen (secondary N) is 1. The van der Waals surface area contributed by atoms with Crippen LogP contribution in [-0.4, -0.2) is 10.9 Å². The van der Waals surface area contributed by atoms with Crippen molar-refractivity contribution in [3.63, 3.8) is 0 Å².